The second kappa shape index (κ2) is 4.84. The predicted molar refractivity (Wildman–Crippen MR) is 78.0 cm³/mol. The normalized spacial score (nSPS) is 15.4. The van der Waals surface area contributed by atoms with Gasteiger partial charge in [-0.15, -0.1) is 0 Å². The molecule has 0 bridgehead atoms. The standard InChI is InChI=1S/C17H13N/c1-2-7-14(8-3-1)9-6-10-15-13-18-17-12-5-4-11-16(15)17/h1-13H/b9-6+,15-10-. The second-order valence-corrected chi connectivity index (χ2v) is 4.17. The SMILES string of the molecule is C1=Nc2ccccc2/C1=C\C=C\c1ccccc1. The van der Waals surface area contributed by atoms with Crippen LogP contribution >= 0.6 is 0 Å². The first-order valence-electron chi connectivity index (χ1n) is 6.00. The van der Waals surface area contributed by atoms with Crippen molar-refractivity contribution in [3.63, 3.8) is 0 Å². The predicted octanol–water partition coefficient (Wildman–Crippen LogP) is 4.50. The quantitative estimate of drug-likeness (QED) is 0.721. The first kappa shape index (κ1) is 10.7. The summed E-state index contributed by atoms with van der Waals surface area (Å²) in [6, 6.07) is 18.5. The minimum atomic E-state index is 1.05. The molecule has 1 aliphatic rings. The molecule has 0 radical (unpaired) electrons. The van der Waals surface area contributed by atoms with Gasteiger partial charge in [-0.25, -0.2) is 0 Å². The fourth-order valence-corrected chi connectivity index (χ4v) is 2.00. The molecule has 0 unspecified atom stereocenters. The van der Waals surface area contributed by atoms with Gasteiger partial charge in [-0.05, 0) is 11.6 Å². The van der Waals surface area contributed by atoms with Crippen LogP contribution in [0.4, 0.5) is 5.69 Å². The van der Waals surface area contributed by atoms with Crippen LogP contribution in [0.1, 0.15) is 11.1 Å². The lowest BCUT2D eigenvalue weighted by atomic mass is 10.1. The number of nitrogens with zero attached hydrogens (tertiary/aromatic N) is 1. The van der Waals surface area contributed by atoms with E-state index in [0.717, 1.165) is 11.3 Å². The fraction of sp³-hybridized carbons (Fsp3) is 0. The molecular weight excluding hydrogens is 218 g/mol. The van der Waals surface area contributed by atoms with Crippen molar-refractivity contribution in [3.05, 3.63) is 77.9 Å². The summed E-state index contributed by atoms with van der Waals surface area (Å²) in [6.45, 7) is 0. The Bertz CT molecular complexity index is 634. The van der Waals surface area contributed by atoms with E-state index in [-0.39, 0.29) is 0 Å². The summed E-state index contributed by atoms with van der Waals surface area (Å²) in [7, 11) is 0. The van der Waals surface area contributed by atoms with Crippen LogP contribution in [0.3, 0.4) is 0 Å². The third-order valence-electron chi connectivity index (χ3n) is 2.92. The van der Waals surface area contributed by atoms with Crippen molar-refractivity contribution in [2.75, 3.05) is 0 Å². The smallest absolute Gasteiger partial charge is 0.0708 e. The van der Waals surface area contributed by atoms with Crippen molar-refractivity contribution < 1.29 is 0 Å². The largest absolute Gasteiger partial charge is 0.256 e. The van der Waals surface area contributed by atoms with Crippen molar-refractivity contribution in [3.8, 4) is 0 Å². The third-order valence-corrected chi connectivity index (χ3v) is 2.92. The van der Waals surface area contributed by atoms with Crippen molar-refractivity contribution in [1.82, 2.24) is 0 Å². The monoisotopic (exact) mass is 231 g/mol. The molecule has 1 aliphatic heterocycles. The number of hydrogen-bond acceptors (Lipinski definition) is 1. The van der Waals surface area contributed by atoms with E-state index < -0.39 is 0 Å². The number of allylic oxidation sites excluding steroid dienone is 3. The van der Waals surface area contributed by atoms with E-state index in [1.54, 1.807) is 0 Å². The van der Waals surface area contributed by atoms with Crippen molar-refractivity contribution >= 4 is 23.6 Å². The summed E-state index contributed by atoms with van der Waals surface area (Å²) in [5, 5.41) is 0. The first-order valence-corrected chi connectivity index (χ1v) is 6.00. The highest BCUT2D eigenvalue weighted by Crippen LogP contribution is 2.30. The van der Waals surface area contributed by atoms with Crippen LogP contribution in [0, 0.1) is 0 Å². The van der Waals surface area contributed by atoms with Gasteiger partial charge in [0.2, 0.25) is 0 Å². The molecule has 3 rings (SSSR count). The zero-order valence-corrected chi connectivity index (χ0v) is 9.95. The number of para-hydroxylation sites is 1. The molecule has 0 spiro atoms. The maximum atomic E-state index is 4.38. The van der Waals surface area contributed by atoms with Gasteiger partial charge in [0, 0.05) is 17.4 Å². The summed E-state index contributed by atoms with van der Waals surface area (Å²) < 4.78 is 0. The van der Waals surface area contributed by atoms with Gasteiger partial charge in [0.1, 0.15) is 0 Å². The minimum absolute atomic E-state index is 1.05. The summed E-state index contributed by atoms with van der Waals surface area (Å²) >= 11 is 0. The fourth-order valence-electron chi connectivity index (χ4n) is 2.00. The van der Waals surface area contributed by atoms with Crippen molar-refractivity contribution in [2.24, 2.45) is 4.99 Å². The van der Waals surface area contributed by atoms with Gasteiger partial charge >= 0.3 is 0 Å². The minimum Gasteiger partial charge on any atom is -0.256 e. The molecule has 0 aromatic heterocycles. The van der Waals surface area contributed by atoms with Gasteiger partial charge in [0.25, 0.3) is 0 Å². The topological polar surface area (TPSA) is 12.4 Å². The Morgan fingerprint density at radius 1 is 0.833 bits per heavy atom. The van der Waals surface area contributed by atoms with Crippen LogP contribution in [0.15, 0.2) is 71.7 Å². The van der Waals surface area contributed by atoms with E-state index in [2.05, 4.69) is 41.4 Å². The molecule has 0 saturated heterocycles. The van der Waals surface area contributed by atoms with Crippen LogP contribution in [-0.2, 0) is 0 Å². The van der Waals surface area contributed by atoms with Gasteiger partial charge in [-0.2, -0.15) is 0 Å². The second-order valence-electron chi connectivity index (χ2n) is 4.17. The van der Waals surface area contributed by atoms with Gasteiger partial charge in [0.05, 0.1) is 5.69 Å². The number of benzene rings is 2. The molecule has 18 heavy (non-hydrogen) atoms. The van der Waals surface area contributed by atoms with E-state index in [0.29, 0.717) is 0 Å². The Labute approximate surface area is 107 Å². The Morgan fingerprint density at radius 2 is 1.61 bits per heavy atom. The van der Waals surface area contributed by atoms with Crippen molar-refractivity contribution in [2.45, 2.75) is 0 Å². The van der Waals surface area contributed by atoms with Crippen molar-refractivity contribution in [1.29, 1.82) is 0 Å². The lowest BCUT2D eigenvalue weighted by Gasteiger charge is -1.96. The molecule has 0 aliphatic carbocycles. The zero-order valence-electron chi connectivity index (χ0n) is 9.95. The third kappa shape index (κ3) is 2.16. The van der Waals surface area contributed by atoms with Gasteiger partial charge in [-0.3, -0.25) is 4.99 Å². The number of hydrogen-bond donors (Lipinski definition) is 0. The molecule has 0 N–H and O–H groups in total. The Hall–Kier alpha value is -2.41. The highest BCUT2D eigenvalue weighted by atomic mass is 14.7. The molecular formula is C17H13N. The van der Waals surface area contributed by atoms with Gasteiger partial charge < -0.3 is 0 Å². The molecule has 0 amide bonds. The summed E-state index contributed by atoms with van der Waals surface area (Å²) in [5.74, 6) is 0. The average molecular weight is 231 g/mol. The van der Waals surface area contributed by atoms with Crippen LogP contribution in [0.25, 0.3) is 11.6 Å². The molecule has 0 fully saturated rings. The summed E-state index contributed by atoms with van der Waals surface area (Å²) in [6.07, 6.45) is 8.18. The van der Waals surface area contributed by atoms with Crippen LogP contribution in [0.2, 0.25) is 0 Å². The molecule has 86 valence electrons. The Balaban J connectivity index is 1.84. The van der Waals surface area contributed by atoms with Gasteiger partial charge in [0.15, 0.2) is 0 Å². The number of aliphatic imine (C=N–C) groups is 1. The molecule has 0 saturated carbocycles. The lowest BCUT2D eigenvalue weighted by molar-refractivity contribution is 1.55. The average Bonchev–Trinajstić information content (AvgIpc) is 2.84. The Kier molecular flexibility index (Phi) is 2.89. The highest BCUT2D eigenvalue weighted by molar-refractivity contribution is 6.16. The molecule has 0 atom stereocenters. The molecule has 1 heterocycles. The maximum Gasteiger partial charge on any atom is 0.0708 e. The summed E-state index contributed by atoms with van der Waals surface area (Å²) in [5.41, 5.74) is 4.63. The molecule has 1 nitrogen and oxygen atoms in total. The van der Waals surface area contributed by atoms with E-state index >= 15 is 0 Å². The number of fused-ring (bicyclic) bond motifs is 1. The van der Waals surface area contributed by atoms with Crippen LogP contribution in [0.5, 0.6) is 0 Å². The van der Waals surface area contributed by atoms with Crippen LogP contribution < -0.4 is 0 Å². The van der Waals surface area contributed by atoms with E-state index in [1.807, 2.05) is 42.6 Å². The van der Waals surface area contributed by atoms with E-state index in [9.17, 15) is 0 Å². The molecule has 2 aromatic carbocycles. The molecule has 1 heteroatoms. The van der Waals surface area contributed by atoms with Gasteiger partial charge in [-0.1, -0.05) is 66.8 Å². The van der Waals surface area contributed by atoms with E-state index in [4.69, 9.17) is 0 Å². The van der Waals surface area contributed by atoms with E-state index in [1.165, 1.54) is 11.1 Å². The lowest BCUT2D eigenvalue weighted by Crippen LogP contribution is -1.77. The number of rotatable bonds is 2. The highest BCUT2D eigenvalue weighted by Gasteiger charge is 2.08. The van der Waals surface area contributed by atoms with Crippen LogP contribution in [-0.4, -0.2) is 6.21 Å². The molecule has 2 aromatic rings. The summed E-state index contributed by atoms with van der Waals surface area (Å²) in [4.78, 5) is 4.38. The zero-order chi connectivity index (χ0) is 12.2. The maximum absolute atomic E-state index is 4.38. The first-order chi connectivity index (χ1) is 8.93. The Morgan fingerprint density at radius 3 is 2.50 bits per heavy atom.